The molecular formula is C16H32N2O2. The predicted octanol–water partition coefficient (Wildman–Crippen LogP) is 2.43. The van der Waals surface area contributed by atoms with E-state index in [0.29, 0.717) is 25.7 Å². The molecule has 1 rings (SSSR count). The van der Waals surface area contributed by atoms with Crippen LogP contribution in [0.15, 0.2) is 0 Å². The van der Waals surface area contributed by atoms with Gasteiger partial charge in [-0.3, -0.25) is 4.79 Å². The lowest BCUT2D eigenvalue weighted by Gasteiger charge is -2.26. The number of hydrogen-bond donors (Lipinski definition) is 1. The van der Waals surface area contributed by atoms with E-state index in [-0.39, 0.29) is 16.9 Å². The van der Waals surface area contributed by atoms with E-state index in [1.807, 2.05) is 4.90 Å². The first-order valence-corrected chi connectivity index (χ1v) is 7.70. The fourth-order valence-corrected chi connectivity index (χ4v) is 2.41. The van der Waals surface area contributed by atoms with Gasteiger partial charge in [-0.15, -0.1) is 0 Å². The van der Waals surface area contributed by atoms with Crippen LogP contribution in [0.3, 0.4) is 0 Å². The maximum atomic E-state index is 12.1. The second-order valence-electron chi connectivity index (χ2n) is 8.08. The minimum atomic E-state index is 0.111. The van der Waals surface area contributed by atoms with Crippen molar-refractivity contribution in [2.75, 3.05) is 26.3 Å². The van der Waals surface area contributed by atoms with Gasteiger partial charge in [-0.1, -0.05) is 20.8 Å². The number of rotatable bonds is 5. The maximum absolute atomic E-state index is 12.1. The van der Waals surface area contributed by atoms with E-state index in [1.54, 1.807) is 0 Å². The van der Waals surface area contributed by atoms with Crippen molar-refractivity contribution >= 4 is 5.91 Å². The van der Waals surface area contributed by atoms with Gasteiger partial charge < -0.3 is 15.0 Å². The number of nitrogens with zero attached hydrogens (tertiary/aromatic N) is 1. The molecule has 1 heterocycles. The highest BCUT2D eigenvalue weighted by atomic mass is 16.5. The van der Waals surface area contributed by atoms with Crippen molar-refractivity contribution in [2.24, 2.45) is 5.41 Å². The Kier molecular flexibility index (Phi) is 6.02. The third-order valence-corrected chi connectivity index (χ3v) is 3.17. The molecule has 4 heteroatoms. The summed E-state index contributed by atoms with van der Waals surface area (Å²) >= 11 is 0. The molecule has 118 valence electrons. The standard InChI is InChI=1S/C16H32N2O2/c1-15(2,3)12-20-10-8-14(19)18-9-7-13(11-18)17-16(4,5)6/h13,17H,7-12H2,1-6H3/t13-/m1/s1. The average molecular weight is 284 g/mol. The summed E-state index contributed by atoms with van der Waals surface area (Å²) < 4.78 is 5.57. The topological polar surface area (TPSA) is 41.6 Å². The lowest BCUT2D eigenvalue weighted by molar-refractivity contribution is -0.131. The van der Waals surface area contributed by atoms with Crippen molar-refractivity contribution in [2.45, 2.75) is 66.0 Å². The minimum Gasteiger partial charge on any atom is -0.380 e. The molecule has 0 aromatic rings. The molecule has 0 radical (unpaired) electrons. The second-order valence-corrected chi connectivity index (χ2v) is 8.08. The molecule has 0 aromatic heterocycles. The highest BCUT2D eigenvalue weighted by Crippen LogP contribution is 2.15. The molecule has 1 N–H and O–H groups in total. The van der Waals surface area contributed by atoms with Gasteiger partial charge in [0.1, 0.15) is 0 Å². The van der Waals surface area contributed by atoms with Crippen LogP contribution in [0.25, 0.3) is 0 Å². The van der Waals surface area contributed by atoms with Crippen molar-refractivity contribution in [1.82, 2.24) is 10.2 Å². The third kappa shape index (κ3) is 7.25. The molecule has 1 amide bonds. The van der Waals surface area contributed by atoms with Crippen LogP contribution in [0.4, 0.5) is 0 Å². The lowest BCUT2D eigenvalue weighted by atomic mass is 9.99. The molecule has 1 saturated heterocycles. The Morgan fingerprint density at radius 2 is 1.90 bits per heavy atom. The van der Waals surface area contributed by atoms with Crippen LogP contribution in [0.5, 0.6) is 0 Å². The van der Waals surface area contributed by atoms with E-state index in [2.05, 4.69) is 46.9 Å². The highest BCUT2D eigenvalue weighted by molar-refractivity contribution is 5.76. The molecule has 0 saturated carbocycles. The monoisotopic (exact) mass is 284 g/mol. The molecule has 20 heavy (non-hydrogen) atoms. The summed E-state index contributed by atoms with van der Waals surface area (Å²) in [7, 11) is 0. The smallest absolute Gasteiger partial charge is 0.224 e. The van der Waals surface area contributed by atoms with Gasteiger partial charge in [-0.2, -0.15) is 0 Å². The normalized spacial score (nSPS) is 20.5. The Morgan fingerprint density at radius 1 is 1.25 bits per heavy atom. The quantitative estimate of drug-likeness (QED) is 0.788. The van der Waals surface area contributed by atoms with E-state index in [9.17, 15) is 4.79 Å². The predicted molar refractivity (Wildman–Crippen MR) is 82.8 cm³/mol. The number of ether oxygens (including phenoxy) is 1. The van der Waals surface area contributed by atoms with Crippen LogP contribution in [0, 0.1) is 5.41 Å². The Labute approximate surface area is 124 Å². The van der Waals surface area contributed by atoms with Gasteiger partial charge in [0.05, 0.1) is 19.6 Å². The van der Waals surface area contributed by atoms with Crippen LogP contribution >= 0.6 is 0 Å². The average Bonchev–Trinajstić information content (AvgIpc) is 2.68. The first-order chi connectivity index (χ1) is 9.07. The van der Waals surface area contributed by atoms with Crippen molar-refractivity contribution in [3.63, 3.8) is 0 Å². The van der Waals surface area contributed by atoms with Crippen LogP contribution < -0.4 is 5.32 Å². The van der Waals surface area contributed by atoms with Crippen LogP contribution in [0.1, 0.15) is 54.4 Å². The van der Waals surface area contributed by atoms with Gasteiger partial charge in [0, 0.05) is 24.7 Å². The number of carbonyl (C=O) groups excluding carboxylic acids is 1. The van der Waals surface area contributed by atoms with Crippen molar-refractivity contribution in [3.8, 4) is 0 Å². The zero-order valence-electron chi connectivity index (χ0n) is 14.1. The zero-order chi connectivity index (χ0) is 15.4. The summed E-state index contributed by atoms with van der Waals surface area (Å²) in [6, 6.07) is 0.425. The summed E-state index contributed by atoms with van der Waals surface area (Å²) in [6.07, 6.45) is 1.55. The number of likely N-dealkylation sites (tertiary alicyclic amines) is 1. The SMILES string of the molecule is CC(C)(C)COCCC(=O)N1CC[C@@H](NC(C)(C)C)C1. The van der Waals surface area contributed by atoms with Crippen LogP contribution in [0.2, 0.25) is 0 Å². The number of amides is 1. The second kappa shape index (κ2) is 6.90. The molecule has 0 bridgehead atoms. The number of hydrogen-bond acceptors (Lipinski definition) is 3. The Morgan fingerprint density at radius 3 is 2.45 bits per heavy atom. The first kappa shape index (κ1) is 17.4. The zero-order valence-corrected chi connectivity index (χ0v) is 14.1. The molecule has 4 nitrogen and oxygen atoms in total. The van der Waals surface area contributed by atoms with Gasteiger partial charge in [0.15, 0.2) is 0 Å². The Balaban J connectivity index is 2.22. The molecule has 1 aliphatic heterocycles. The highest BCUT2D eigenvalue weighted by Gasteiger charge is 2.28. The summed E-state index contributed by atoms with van der Waals surface area (Å²) in [5.74, 6) is 0.220. The molecular weight excluding hydrogens is 252 g/mol. The molecule has 1 fully saturated rings. The van der Waals surface area contributed by atoms with Gasteiger partial charge >= 0.3 is 0 Å². The Hall–Kier alpha value is -0.610. The molecule has 0 aliphatic carbocycles. The van der Waals surface area contributed by atoms with Gasteiger partial charge in [-0.05, 0) is 32.6 Å². The largest absolute Gasteiger partial charge is 0.380 e. The summed E-state index contributed by atoms with van der Waals surface area (Å²) in [4.78, 5) is 14.1. The van der Waals surface area contributed by atoms with E-state index in [1.165, 1.54) is 0 Å². The van der Waals surface area contributed by atoms with E-state index >= 15 is 0 Å². The van der Waals surface area contributed by atoms with Gasteiger partial charge in [0.25, 0.3) is 0 Å². The molecule has 1 atom stereocenters. The van der Waals surface area contributed by atoms with E-state index in [4.69, 9.17) is 4.74 Å². The van der Waals surface area contributed by atoms with Gasteiger partial charge in [-0.25, -0.2) is 0 Å². The van der Waals surface area contributed by atoms with Crippen molar-refractivity contribution in [1.29, 1.82) is 0 Å². The van der Waals surface area contributed by atoms with Crippen LogP contribution in [-0.4, -0.2) is 48.7 Å². The fourth-order valence-electron chi connectivity index (χ4n) is 2.41. The van der Waals surface area contributed by atoms with Gasteiger partial charge in [0.2, 0.25) is 5.91 Å². The third-order valence-electron chi connectivity index (χ3n) is 3.17. The lowest BCUT2D eigenvalue weighted by Crippen LogP contribution is -2.45. The number of nitrogens with one attached hydrogen (secondary N) is 1. The molecule has 1 aliphatic rings. The Bertz CT molecular complexity index is 315. The van der Waals surface area contributed by atoms with Crippen molar-refractivity contribution < 1.29 is 9.53 Å². The van der Waals surface area contributed by atoms with E-state index in [0.717, 1.165) is 19.5 Å². The maximum Gasteiger partial charge on any atom is 0.224 e. The number of carbonyl (C=O) groups is 1. The molecule has 0 unspecified atom stereocenters. The summed E-state index contributed by atoms with van der Waals surface area (Å²) in [6.45, 7) is 15.8. The first-order valence-electron chi connectivity index (χ1n) is 7.70. The summed E-state index contributed by atoms with van der Waals surface area (Å²) in [5.41, 5.74) is 0.276. The molecule has 0 spiro atoms. The summed E-state index contributed by atoms with van der Waals surface area (Å²) in [5, 5.41) is 3.56. The van der Waals surface area contributed by atoms with Crippen molar-refractivity contribution in [3.05, 3.63) is 0 Å². The van der Waals surface area contributed by atoms with E-state index < -0.39 is 0 Å². The minimum absolute atomic E-state index is 0.111. The fraction of sp³-hybridized carbons (Fsp3) is 0.938. The van der Waals surface area contributed by atoms with Crippen LogP contribution in [-0.2, 0) is 9.53 Å². The molecule has 0 aromatic carbocycles.